The van der Waals surface area contributed by atoms with Crippen LogP contribution in [0.1, 0.15) is 11.1 Å². The summed E-state index contributed by atoms with van der Waals surface area (Å²) in [6.45, 7) is 0. The van der Waals surface area contributed by atoms with E-state index in [4.69, 9.17) is 5.26 Å². The van der Waals surface area contributed by atoms with E-state index >= 15 is 0 Å². The van der Waals surface area contributed by atoms with Crippen LogP contribution < -0.4 is 0 Å². The Morgan fingerprint density at radius 2 is 2.25 bits per heavy atom. The maximum atomic E-state index is 8.90. The van der Waals surface area contributed by atoms with Crippen LogP contribution in [0.15, 0.2) is 41.8 Å². The Morgan fingerprint density at radius 1 is 1.35 bits per heavy atom. The van der Waals surface area contributed by atoms with Crippen LogP contribution in [0.5, 0.6) is 0 Å². The molecule has 2 aromatic heterocycles. The van der Waals surface area contributed by atoms with E-state index in [1.165, 1.54) is 0 Å². The van der Waals surface area contributed by atoms with Crippen molar-refractivity contribution in [3.8, 4) is 6.07 Å². The molecule has 0 amide bonds. The maximum absolute atomic E-state index is 8.90. The van der Waals surface area contributed by atoms with Gasteiger partial charge in [0.1, 0.15) is 11.4 Å². The molecule has 0 radical (unpaired) electrons. The van der Waals surface area contributed by atoms with E-state index in [1.54, 1.807) is 35.0 Å². The monoisotopic (exact) mass is 281 g/mol. The number of thioether (sulfide) groups is 1. The van der Waals surface area contributed by atoms with Gasteiger partial charge in [0.2, 0.25) is 0 Å². The lowest BCUT2D eigenvalue weighted by atomic mass is 10.2. The molecule has 0 atom stereocenters. The number of aromatic nitrogens is 4. The molecule has 0 aliphatic rings. The summed E-state index contributed by atoms with van der Waals surface area (Å²) in [5, 5.41) is 15.0. The predicted molar refractivity (Wildman–Crippen MR) is 77.0 cm³/mol. The van der Waals surface area contributed by atoms with Gasteiger partial charge < -0.3 is 0 Å². The molecule has 0 fully saturated rings. The van der Waals surface area contributed by atoms with Crippen LogP contribution in [-0.4, -0.2) is 19.7 Å². The molecule has 0 unspecified atom stereocenters. The molecule has 3 rings (SSSR count). The van der Waals surface area contributed by atoms with Gasteiger partial charge >= 0.3 is 0 Å². The van der Waals surface area contributed by atoms with E-state index < -0.39 is 0 Å². The van der Waals surface area contributed by atoms with Crippen LogP contribution in [-0.2, 0) is 12.8 Å². The van der Waals surface area contributed by atoms with Crippen molar-refractivity contribution in [2.24, 2.45) is 7.05 Å². The van der Waals surface area contributed by atoms with Crippen molar-refractivity contribution in [2.45, 2.75) is 10.8 Å². The molecule has 0 saturated heterocycles. The van der Waals surface area contributed by atoms with Crippen LogP contribution in [0, 0.1) is 11.3 Å². The number of benzene rings is 1. The van der Waals surface area contributed by atoms with Gasteiger partial charge in [-0.05, 0) is 17.7 Å². The van der Waals surface area contributed by atoms with Crippen LogP contribution in [0.2, 0.25) is 0 Å². The third-order valence-corrected chi connectivity index (χ3v) is 4.00. The largest absolute Gasteiger partial charge is 0.250 e. The van der Waals surface area contributed by atoms with Crippen molar-refractivity contribution in [1.82, 2.24) is 19.7 Å². The first-order chi connectivity index (χ1) is 9.78. The average Bonchev–Trinajstić information content (AvgIpc) is 2.88. The predicted octanol–water partition coefficient (Wildman–Crippen LogP) is 2.53. The highest BCUT2D eigenvalue weighted by Gasteiger charge is 2.08. The van der Waals surface area contributed by atoms with E-state index in [0.717, 1.165) is 27.4 Å². The van der Waals surface area contributed by atoms with Crippen molar-refractivity contribution >= 4 is 22.8 Å². The van der Waals surface area contributed by atoms with Crippen LogP contribution in [0.3, 0.4) is 0 Å². The molecule has 5 nitrogen and oxygen atoms in total. The first kappa shape index (κ1) is 12.6. The average molecular weight is 281 g/mol. The van der Waals surface area contributed by atoms with Gasteiger partial charge in [-0.25, -0.2) is 9.97 Å². The Bertz CT molecular complexity index is 803. The van der Waals surface area contributed by atoms with Crippen LogP contribution >= 0.6 is 11.8 Å². The summed E-state index contributed by atoms with van der Waals surface area (Å²) in [6, 6.07) is 9.76. The van der Waals surface area contributed by atoms with Crippen molar-refractivity contribution < 1.29 is 0 Å². The molecule has 1 aromatic carbocycles. The van der Waals surface area contributed by atoms with Crippen molar-refractivity contribution in [1.29, 1.82) is 5.26 Å². The summed E-state index contributed by atoms with van der Waals surface area (Å²) in [5.74, 6) is 0.760. The van der Waals surface area contributed by atoms with Gasteiger partial charge in [0.15, 0.2) is 5.65 Å². The van der Waals surface area contributed by atoms with Crippen molar-refractivity contribution in [3.05, 3.63) is 47.9 Å². The SMILES string of the molecule is Cn1ncc2c(SCc3cccc(C#N)c3)ncnc21. The molecule has 20 heavy (non-hydrogen) atoms. The molecular weight excluding hydrogens is 270 g/mol. The number of hydrogen-bond acceptors (Lipinski definition) is 5. The second-order valence-electron chi connectivity index (χ2n) is 4.29. The highest BCUT2D eigenvalue weighted by Crippen LogP contribution is 2.27. The lowest BCUT2D eigenvalue weighted by Gasteiger charge is -2.03. The molecule has 0 bridgehead atoms. The zero-order valence-corrected chi connectivity index (χ0v) is 11.6. The minimum atomic E-state index is 0.678. The Kier molecular flexibility index (Phi) is 3.35. The highest BCUT2D eigenvalue weighted by atomic mass is 32.2. The van der Waals surface area contributed by atoms with E-state index in [1.807, 2.05) is 25.2 Å². The smallest absolute Gasteiger partial charge is 0.162 e. The van der Waals surface area contributed by atoms with Gasteiger partial charge in [0.05, 0.1) is 23.2 Å². The molecular formula is C14H11N5S. The van der Waals surface area contributed by atoms with E-state index in [2.05, 4.69) is 21.1 Å². The first-order valence-corrected chi connectivity index (χ1v) is 7.01. The summed E-state index contributed by atoms with van der Waals surface area (Å²) < 4.78 is 1.73. The fraction of sp³-hybridized carbons (Fsp3) is 0.143. The second kappa shape index (κ2) is 5.31. The topological polar surface area (TPSA) is 67.4 Å². The minimum Gasteiger partial charge on any atom is -0.250 e. The normalized spacial score (nSPS) is 10.6. The minimum absolute atomic E-state index is 0.678. The zero-order valence-electron chi connectivity index (χ0n) is 10.8. The zero-order chi connectivity index (χ0) is 13.9. The molecule has 0 aliphatic carbocycles. The van der Waals surface area contributed by atoms with Gasteiger partial charge in [0, 0.05) is 12.8 Å². The van der Waals surface area contributed by atoms with Gasteiger partial charge in [-0.3, -0.25) is 4.68 Å². The molecule has 3 aromatic rings. The molecule has 6 heteroatoms. The Hall–Kier alpha value is -2.39. The van der Waals surface area contributed by atoms with E-state index in [9.17, 15) is 0 Å². The number of hydrogen-bond donors (Lipinski definition) is 0. The fourth-order valence-corrected chi connectivity index (χ4v) is 2.84. The maximum Gasteiger partial charge on any atom is 0.162 e. The van der Waals surface area contributed by atoms with Crippen LogP contribution in [0.25, 0.3) is 11.0 Å². The third kappa shape index (κ3) is 2.36. The lowest BCUT2D eigenvalue weighted by Crippen LogP contribution is -1.93. The molecule has 0 N–H and O–H groups in total. The Labute approximate surface area is 120 Å². The van der Waals surface area contributed by atoms with Crippen molar-refractivity contribution in [3.63, 3.8) is 0 Å². The fourth-order valence-electron chi connectivity index (χ4n) is 1.94. The molecule has 0 aliphatic heterocycles. The Morgan fingerprint density at radius 3 is 3.10 bits per heavy atom. The molecule has 0 spiro atoms. The molecule has 0 saturated carbocycles. The molecule has 2 heterocycles. The quantitative estimate of drug-likeness (QED) is 0.545. The first-order valence-electron chi connectivity index (χ1n) is 6.02. The number of rotatable bonds is 3. The standard InChI is InChI=1S/C14H11N5S/c1-19-13-12(7-18-19)14(17-9-16-13)20-8-11-4-2-3-10(5-11)6-15/h2-5,7,9H,8H2,1H3. The van der Waals surface area contributed by atoms with Gasteiger partial charge in [0.25, 0.3) is 0 Å². The third-order valence-electron chi connectivity index (χ3n) is 2.92. The number of aryl methyl sites for hydroxylation is 1. The van der Waals surface area contributed by atoms with Gasteiger partial charge in [-0.1, -0.05) is 12.1 Å². The van der Waals surface area contributed by atoms with E-state index in [-0.39, 0.29) is 0 Å². The molecule has 98 valence electrons. The number of nitriles is 1. The van der Waals surface area contributed by atoms with E-state index in [0.29, 0.717) is 5.56 Å². The second-order valence-corrected chi connectivity index (χ2v) is 5.25. The summed E-state index contributed by atoms with van der Waals surface area (Å²) in [4.78, 5) is 8.53. The summed E-state index contributed by atoms with van der Waals surface area (Å²) in [6.07, 6.45) is 3.33. The van der Waals surface area contributed by atoms with Gasteiger partial charge in [-0.15, -0.1) is 11.8 Å². The Balaban J connectivity index is 1.85. The summed E-state index contributed by atoms with van der Waals surface area (Å²) in [7, 11) is 1.86. The van der Waals surface area contributed by atoms with Crippen molar-refractivity contribution in [2.75, 3.05) is 0 Å². The number of nitrogens with zero attached hydrogens (tertiary/aromatic N) is 5. The summed E-state index contributed by atoms with van der Waals surface area (Å²) >= 11 is 1.62. The lowest BCUT2D eigenvalue weighted by molar-refractivity contribution is 0.784. The van der Waals surface area contributed by atoms with Gasteiger partial charge in [-0.2, -0.15) is 10.4 Å². The summed E-state index contributed by atoms with van der Waals surface area (Å²) in [5.41, 5.74) is 2.61. The highest BCUT2D eigenvalue weighted by molar-refractivity contribution is 7.98. The number of fused-ring (bicyclic) bond motifs is 1. The van der Waals surface area contributed by atoms with Crippen LogP contribution in [0.4, 0.5) is 0 Å².